The van der Waals surface area contributed by atoms with Crippen LogP contribution in [-0.2, 0) is 4.74 Å². The van der Waals surface area contributed by atoms with E-state index in [1.807, 2.05) is 25.7 Å². The van der Waals surface area contributed by atoms with Gasteiger partial charge in [0.15, 0.2) is 0 Å². The lowest BCUT2D eigenvalue weighted by atomic mass is 9.76. The summed E-state index contributed by atoms with van der Waals surface area (Å²) in [5.41, 5.74) is 5.81. The van der Waals surface area contributed by atoms with E-state index < -0.39 is 5.60 Å². The van der Waals surface area contributed by atoms with Crippen molar-refractivity contribution in [2.24, 2.45) is 16.6 Å². The first-order valence-corrected chi connectivity index (χ1v) is 8.28. The van der Waals surface area contributed by atoms with Crippen LogP contribution < -0.4 is 5.73 Å². The van der Waals surface area contributed by atoms with E-state index in [0.717, 1.165) is 19.4 Å². The molecule has 122 valence electrons. The molecule has 21 heavy (non-hydrogen) atoms. The topological polar surface area (TPSA) is 55.6 Å². The number of ether oxygens (including phenoxy) is 1. The average molecular weight is 296 g/mol. The Kier molecular flexibility index (Phi) is 4.31. The van der Waals surface area contributed by atoms with E-state index in [2.05, 4.69) is 13.8 Å². The van der Waals surface area contributed by atoms with E-state index in [1.165, 1.54) is 19.3 Å². The fourth-order valence-corrected chi connectivity index (χ4v) is 3.68. The largest absolute Gasteiger partial charge is 0.444 e. The highest BCUT2D eigenvalue weighted by Crippen LogP contribution is 2.56. The van der Waals surface area contributed by atoms with E-state index >= 15 is 0 Å². The number of hydrogen-bond acceptors (Lipinski definition) is 3. The van der Waals surface area contributed by atoms with Crippen molar-refractivity contribution in [3.05, 3.63) is 0 Å². The Morgan fingerprint density at radius 2 is 1.90 bits per heavy atom. The smallest absolute Gasteiger partial charge is 0.410 e. The molecule has 4 nitrogen and oxygen atoms in total. The molecule has 1 aliphatic carbocycles. The minimum Gasteiger partial charge on any atom is -0.444 e. The van der Waals surface area contributed by atoms with Gasteiger partial charge in [0.05, 0.1) is 0 Å². The highest BCUT2D eigenvalue weighted by Gasteiger charge is 2.54. The molecule has 2 N–H and O–H groups in total. The van der Waals surface area contributed by atoms with Crippen LogP contribution in [0.1, 0.15) is 66.7 Å². The predicted molar refractivity (Wildman–Crippen MR) is 85.1 cm³/mol. The van der Waals surface area contributed by atoms with Gasteiger partial charge < -0.3 is 15.4 Å². The number of carbonyl (C=O) groups excluding carboxylic acids is 1. The van der Waals surface area contributed by atoms with Crippen molar-refractivity contribution < 1.29 is 9.53 Å². The van der Waals surface area contributed by atoms with Crippen molar-refractivity contribution in [2.75, 3.05) is 13.1 Å². The molecule has 0 aromatic carbocycles. The maximum atomic E-state index is 12.7. The molecule has 0 aromatic heterocycles. The zero-order valence-electron chi connectivity index (χ0n) is 14.4. The molecule has 1 aliphatic heterocycles. The lowest BCUT2D eigenvalue weighted by molar-refractivity contribution is -0.0225. The van der Waals surface area contributed by atoms with Crippen molar-refractivity contribution in [3.8, 4) is 0 Å². The Morgan fingerprint density at radius 3 is 2.38 bits per heavy atom. The molecule has 1 unspecified atom stereocenters. The zero-order chi connectivity index (χ0) is 15.9. The van der Waals surface area contributed by atoms with Gasteiger partial charge in [-0.3, -0.25) is 0 Å². The molecule has 4 heteroatoms. The number of hydrogen-bond donors (Lipinski definition) is 1. The summed E-state index contributed by atoms with van der Waals surface area (Å²) < 4.78 is 5.66. The van der Waals surface area contributed by atoms with Gasteiger partial charge in [-0.15, -0.1) is 0 Å². The van der Waals surface area contributed by atoms with Gasteiger partial charge in [-0.25, -0.2) is 4.79 Å². The molecule has 1 heterocycles. The maximum Gasteiger partial charge on any atom is 0.410 e. The number of carbonyl (C=O) groups is 1. The molecule has 1 amide bonds. The van der Waals surface area contributed by atoms with E-state index in [0.29, 0.717) is 12.6 Å². The number of nitrogens with zero attached hydrogens (tertiary/aromatic N) is 1. The van der Waals surface area contributed by atoms with Crippen LogP contribution in [0.5, 0.6) is 0 Å². The van der Waals surface area contributed by atoms with Crippen molar-refractivity contribution >= 4 is 6.09 Å². The predicted octanol–water partition coefficient (Wildman–Crippen LogP) is 3.54. The molecule has 2 aliphatic rings. The van der Waals surface area contributed by atoms with Gasteiger partial charge >= 0.3 is 6.09 Å². The number of amides is 1. The summed E-state index contributed by atoms with van der Waals surface area (Å²) in [6, 6.07) is 0.309. The second-order valence-electron chi connectivity index (χ2n) is 8.73. The van der Waals surface area contributed by atoms with Crippen LogP contribution in [0.15, 0.2) is 0 Å². The van der Waals surface area contributed by atoms with Crippen LogP contribution >= 0.6 is 0 Å². The molecule has 0 bridgehead atoms. The van der Waals surface area contributed by atoms with Crippen LogP contribution in [0, 0.1) is 10.8 Å². The summed E-state index contributed by atoms with van der Waals surface area (Å²) in [7, 11) is 0. The lowest BCUT2D eigenvalue weighted by Gasteiger charge is -2.47. The zero-order valence-corrected chi connectivity index (χ0v) is 14.4. The van der Waals surface area contributed by atoms with Gasteiger partial charge in [0.25, 0.3) is 0 Å². The van der Waals surface area contributed by atoms with Crippen molar-refractivity contribution in [2.45, 2.75) is 78.4 Å². The van der Waals surface area contributed by atoms with E-state index in [-0.39, 0.29) is 16.9 Å². The summed E-state index contributed by atoms with van der Waals surface area (Å²) >= 11 is 0. The molecule has 0 aromatic rings. The Hall–Kier alpha value is -0.770. The Morgan fingerprint density at radius 1 is 1.29 bits per heavy atom. The fraction of sp³-hybridized carbons (Fsp3) is 0.941. The number of rotatable bonds is 3. The SMILES string of the molecule is CC1(C)CCC(C2(CCN)CC2)N(C(=O)OC(C)(C)C)C1. The monoisotopic (exact) mass is 296 g/mol. The van der Waals surface area contributed by atoms with Gasteiger partial charge in [0.1, 0.15) is 5.60 Å². The highest BCUT2D eigenvalue weighted by molar-refractivity contribution is 5.69. The molecular weight excluding hydrogens is 264 g/mol. The molecule has 1 saturated carbocycles. The van der Waals surface area contributed by atoms with Gasteiger partial charge in [0.2, 0.25) is 0 Å². The molecule has 1 atom stereocenters. The second-order valence-corrected chi connectivity index (χ2v) is 8.73. The summed E-state index contributed by atoms with van der Waals surface area (Å²) in [4.78, 5) is 14.7. The molecule has 0 spiro atoms. The molecule has 1 saturated heterocycles. The average Bonchev–Trinajstić information content (AvgIpc) is 3.06. The third-order valence-electron chi connectivity index (χ3n) is 4.94. The van der Waals surface area contributed by atoms with E-state index in [4.69, 9.17) is 10.5 Å². The first-order chi connectivity index (χ1) is 9.59. The van der Waals surface area contributed by atoms with Crippen LogP contribution in [0.2, 0.25) is 0 Å². The minimum atomic E-state index is -0.437. The molecule has 2 fully saturated rings. The van der Waals surface area contributed by atoms with Crippen LogP contribution in [0.4, 0.5) is 4.79 Å². The van der Waals surface area contributed by atoms with Gasteiger partial charge in [-0.05, 0) is 70.3 Å². The van der Waals surface area contributed by atoms with Crippen LogP contribution in [0.3, 0.4) is 0 Å². The maximum absolute atomic E-state index is 12.7. The van der Waals surface area contributed by atoms with Gasteiger partial charge in [0, 0.05) is 12.6 Å². The number of piperidine rings is 1. The van der Waals surface area contributed by atoms with Crippen LogP contribution in [0.25, 0.3) is 0 Å². The number of likely N-dealkylation sites (tertiary alicyclic amines) is 1. The Bertz CT molecular complexity index is 394. The molecule has 0 radical (unpaired) electrons. The van der Waals surface area contributed by atoms with Gasteiger partial charge in [-0.1, -0.05) is 13.8 Å². The molecule has 2 rings (SSSR count). The Balaban J connectivity index is 2.16. The highest BCUT2D eigenvalue weighted by atomic mass is 16.6. The summed E-state index contributed by atoms with van der Waals surface area (Å²) in [6.07, 6.45) is 5.53. The fourth-order valence-electron chi connectivity index (χ4n) is 3.68. The normalized spacial score (nSPS) is 27.3. The van der Waals surface area contributed by atoms with Crippen molar-refractivity contribution in [3.63, 3.8) is 0 Å². The first kappa shape index (κ1) is 16.6. The van der Waals surface area contributed by atoms with E-state index in [9.17, 15) is 4.79 Å². The number of nitrogens with two attached hydrogens (primary N) is 1. The minimum absolute atomic E-state index is 0.149. The Labute approximate surface area is 129 Å². The van der Waals surface area contributed by atoms with Crippen molar-refractivity contribution in [1.82, 2.24) is 4.90 Å². The standard InChI is InChI=1S/C17H32N2O2/c1-15(2,3)21-14(20)19-12-16(4,5)7-6-13(19)17(8-9-17)10-11-18/h13H,6-12,18H2,1-5H3. The van der Waals surface area contributed by atoms with Gasteiger partial charge in [-0.2, -0.15) is 0 Å². The quantitative estimate of drug-likeness (QED) is 0.866. The molecular formula is C17H32N2O2. The van der Waals surface area contributed by atoms with Crippen LogP contribution in [-0.4, -0.2) is 35.7 Å². The van der Waals surface area contributed by atoms with E-state index in [1.54, 1.807) is 0 Å². The lowest BCUT2D eigenvalue weighted by Crippen LogP contribution is -2.54. The third kappa shape index (κ3) is 3.91. The summed E-state index contributed by atoms with van der Waals surface area (Å²) in [5.74, 6) is 0. The van der Waals surface area contributed by atoms with Crippen molar-refractivity contribution in [1.29, 1.82) is 0 Å². The summed E-state index contributed by atoms with van der Waals surface area (Å²) in [5, 5.41) is 0. The first-order valence-electron chi connectivity index (χ1n) is 8.28. The second kappa shape index (κ2) is 5.45. The third-order valence-corrected chi connectivity index (χ3v) is 4.94. The summed E-state index contributed by atoms with van der Waals surface area (Å²) in [6.45, 7) is 11.8.